The van der Waals surface area contributed by atoms with E-state index in [1.54, 1.807) is 0 Å². The van der Waals surface area contributed by atoms with Crippen LogP contribution < -0.4 is 0 Å². The molecular weight excluding hydrogens is 368 g/mol. The van der Waals surface area contributed by atoms with Gasteiger partial charge in [0.15, 0.2) is 0 Å². The largest absolute Gasteiger partial charge is 0.298 e. The summed E-state index contributed by atoms with van der Waals surface area (Å²) in [6.07, 6.45) is 1.71. The first-order chi connectivity index (χ1) is 14.8. The minimum absolute atomic E-state index is 0.641. The third-order valence-corrected chi connectivity index (χ3v) is 5.05. The number of rotatable bonds is 6. The Bertz CT molecular complexity index is 1070. The highest BCUT2D eigenvalue weighted by atomic mass is 16.1. The van der Waals surface area contributed by atoms with Gasteiger partial charge in [0.2, 0.25) is 0 Å². The molecule has 0 amide bonds. The van der Waals surface area contributed by atoms with Crippen molar-refractivity contribution in [2.24, 2.45) is 0 Å². The predicted molar refractivity (Wildman–Crippen MR) is 122 cm³/mol. The van der Waals surface area contributed by atoms with Gasteiger partial charge in [0.05, 0.1) is 0 Å². The van der Waals surface area contributed by atoms with E-state index in [9.17, 15) is 9.59 Å². The molecule has 0 saturated heterocycles. The average molecular weight is 388 g/mol. The van der Waals surface area contributed by atoms with Crippen molar-refractivity contribution >= 4 is 23.7 Å². The van der Waals surface area contributed by atoms with Crippen LogP contribution in [0.1, 0.15) is 43.0 Å². The van der Waals surface area contributed by atoms with Crippen molar-refractivity contribution in [1.29, 1.82) is 0 Å². The molecule has 0 aliphatic carbocycles. The molecule has 0 aromatic heterocycles. The quantitative estimate of drug-likeness (QED) is 0.286. The summed E-state index contributed by atoms with van der Waals surface area (Å²) < 4.78 is 0. The van der Waals surface area contributed by atoms with Gasteiger partial charge in [-0.15, -0.1) is 0 Å². The number of hydrogen-bond donors (Lipinski definition) is 0. The van der Waals surface area contributed by atoms with E-state index in [0.29, 0.717) is 11.1 Å². The first-order valence-corrected chi connectivity index (χ1v) is 9.76. The van der Waals surface area contributed by atoms with Gasteiger partial charge in [0, 0.05) is 11.1 Å². The molecule has 2 nitrogen and oxygen atoms in total. The van der Waals surface area contributed by atoms with Crippen molar-refractivity contribution in [3.8, 4) is 0 Å². The van der Waals surface area contributed by atoms with E-state index in [0.717, 1.165) is 46.0 Å². The van der Waals surface area contributed by atoms with Gasteiger partial charge >= 0.3 is 0 Å². The summed E-state index contributed by atoms with van der Waals surface area (Å²) in [5, 5.41) is 0. The highest BCUT2D eigenvalue weighted by molar-refractivity contribution is 6.04. The summed E-state index contributed by atoms with van der Waals surface area (Å²) in [6, 6.07) is 35.7. The van der Waals surface area contributed by atoms with Gasteiger partial charge < -0.3 is 0 Å². The Morgan fingerprint density at radius 1 is 0.400 bits per heavy atom. The van der Waals surface area contributed by atoms with Crippen LogP contribution in [0.25, 0.3) is 11.1 Å². The highest BCUT2D eigenvalue weighted by Gasteiger charge is 2.16. The molecule has 0 atom stereocenters. The lowest BCUT2D eigenvalue weighted by molar-refractivity contribution is 0.111. The van der Waals surface area contributed by atoms with Gasteiger partial charge in [-0.2, -0.15) is 0 Å². The Morgan fingerprint density at radius 2 is 0.700 bits per heavy atom. The third-order valence-electron chi connectivity index (χ3n) is 5.05. The van der Waals surface area contributed by atoms with Crippen molar-refractivity contribution < 1.29 is 9.59 Å². The second kappa shape index (κ2) is 8.97. The molecule has 0 unspecified atom stereocenters. The second-order valence-corrected chi connectivity index (χ2v) is 6.96. The van der Waals surface area contributed by atoms with E-state index in [1.807, 2.05) is 84.9 Å². The molecule has 0 N–H and O–H groups in total. The molecule has 4 rings (SSSR count). The van der Waals surface area contributed by atoms with Gasteiger partial charge in [0.25, 0.3) is 0 Å². The number of benzene rings is 4. The smallest absolute Gasteiger partial charge is 0.150 e. The number of hydrogen-bond acceptors (Lipinski definition) is 2. The van der Waals surface area contributed by atoms with Crippen molar-refractivity contribution in [2.75, 3.05) is 0 Å². The number of aldehydes is 2. The lowest BCUT2D eigenvalue weighted by Crippen LogP contribution is -1.98. The first kappa shape index (κ1) is 19.3. The zero-order valence-electron chi connectivity index (χ0n) is 16.4. The van der Waals surface area contributed by atoms with Crippen molar-refractivity contribution in [1.82, 2.24) is 0 Å². The van der Waals surface area contributed by atoms with E-state index in [4.69, 9.17) is 0 Å². The SMILES string of the molecule is O=Cc1ccc(/C(=C(/c2ccccc2)c2ccc(C=O)cc2)c2ccccc2)cc1. The zero-order valence-corrected chi connectivity index (χ0v) is 16.4. The van der Waals surface area contributed by atoms with Crippen molar-refractivity contribution in [2.45, 2.75) is 0 Å². The van der Waals surface area contributed by atoms with Crippen LogP contribution in [0.15, 0.2) is 109 Å². The monoisotopic (exact) mass is 388 g/mol. The minimum Gasteiger partial charge on any atom is -0.298 e. The van der Waals surface area contributed by atoms with Crippen LogP contribution in [0.4, 0.5) is 0 Å². The summed E-state index contributed by atoms with van der Waals surface area (Å²) in [5.74, 6) is 0. The van der Waals surface area contributed by atoms with E-state index in [-0.39, 0.29) is 0 Å². The molecule has 30 heavy (non-hydrogen) atoms. The van der Waals surface area contributed by atoms with E-state index < -0.39 is 0 Å². The maximum Gasteiger partial charge on any atom is 0.150 e. The summed E-state index contributed by atoms with van der Waals surface area (Å²) in [6.45, 7) is 0. The molecular formula is C28H20O2. The molecule has 0 spiro atoms. The molecule has 144 valence electrons. The van der Waals surface area contributed by atoms with E-state index in [2.05, 4.69) is 24.3 Å². The van der Waals surface area contributed by atoms with Gasteiger partial charge in [0.1, 0.15) is 12.6 Å². The Hall–Kier alpha value is -4.04. The Balaban J connectivity index is 2.05. The summed E-state index contributed by atoms with van der Waals surface area (Å²) >= 11 is 0. The number of carbonyl (C=O) groups excluding carboxylic acids is 2. The van der Waals surface area contributed by atoms with Crippen LogP contribution in [0, 0.1) is 0 Å². The Kier molecular flexibility index (Phi) is 5.77. The minimum atomic E-state index is 0.641. The normalized spacial score (nSPS) is 11.5. The molecule has 4 aromatic rings. The molecule has 0 aliphatic heterocycles. The van der Waals surface area contributed by atoms with Crippen LogP contribution in [-0.4, -0.2) is 12.6 Å². The maximum absolute atomic E-state index is 11.2. The molecule has 2 heteroatoms. The van der Waals surface area contributed by atoms with Gasteiger partial charge in [-0.1, -0.05) is 109 Å². The van der Waals surface area contributed by atoms with Crippen LogP contribution in [-0.2, 0) is 0 Å². The number of carbonyl (C=O) groups is 2. The second-order valence-electron chi connectivity index (χ2n) is 6.96. The van der Waals surface area contributed by atoms with Gasteiger partial charge in [-0.3, -0.25) is 9.59 Å². The summed E-state index contributed by atoms with van der Waals surface area (Å²) in [5.41, 5.74) is 7.61. The molecule has 0 radical (unpaired) electrons. The molecule has 0 fully saturated rings. The van der Waals surface area contributed by atoms with E-state index in [1.165, 1.54) is 0 Å². The molecule has 4 aromatic carbocycles. The fourth-order valence-electron chi connectivity index (χ4n) is 3.58. The third kappa shape index (κ3) is 4.03. The molecule has 0 bridgehead atoms. The molecule has 0 aliphatic rings. The van der Waals surface area contributed by atoms with Crippen LogP contribution in [0.2, 0.25) is 0 Å². The summed E-state index contributed by atoms with van der Waals surface area (Å²) in [4.78, 5) is 22.3. The fraction of sp³-hybridized carbons (Fsp3) is 0. The zero-order chi connectivity index (χ0) is 20.8. The van der Waals surface area contributed by atoms with Crippen LogP contribution in [0.5, 0.6) is 0 Å². The van der Waals surface area contributed by atoms with Crippen molar-refractivity contribution in [3.63, 3.8) is 0 Å². The topological polar surface area (TPSA) is 34.1 Å². The lowest BCUT2D eigenvalue weighted by Gasteiger charge is -2.18. The predicted octanol–water partition coefficient (Wildman–Crippen LogP) is 6.32. The van der Waals surface area contributed by atoms with E-state index >= 15 is 0 Å². The van der Waals surface area contributed by atoms with Gasteiger partial charge in [-0.25, -0.2) is 0 Å². The maximum atomic E-state index is 11.2. The van der Waals surface area contributed by atoms with Gasteiger partial charge in [-0.05, 0) is 33.4 Å². The standard InChI is InChI=1S/C28H20O2/c29-19-21-11-15-25(16-12-21)27(23-7-3-1-4-8-23)28(24-9-5-2-6-10-24)26-17-13-22(20-30)14-18-26/h1-20H/b28-27-. The first-order valence-electron chi connectivity index (χ1n) is 9.76. The molecule has 0 saturated carbocycles. The Morgan fingerprint density at radius 3 is 1.00 bits per heavy atom. The molecule has 0 heterocycles. The Labute approximate surface area is 176 Å². The average Bonchev–Trinajstić information content (AvgIpc) is 2.84. The lowest BCUT2D eigenvalue weighted by atomic mass is 9.85. The summed E-state index contributed by atoms with van der Waals surface area (Å²) in [7, 11) is 0. The van der Waals surface area contributed by atoms with Crippen molar-refractivity contribution in [3.05, 3.63) is 143 Å². The van der Waals surface area contributed by atoms with Crippen LogP contribution in [0.3, 0.4) is 0 Å². The highest BCUT2D eigenvalue weighted by Crippen LogP contribution is 2.36. The fourth-order valence-corrected chi connectivity index (χ4v) is 3.58. The van der Waals surface area contributed by atoms with Crippen LogP contribution >= 0.6 is 0 Å².